The molecule has 0 bridgehead atoms. The Labute approximate surface area is 84.3 Å². The molecule has 14 heavy (non-hydrogen) atoms. The normalized spacial score (nSPS) is 37.7. The van der Waals surface area contributed by atoms with Gasteiger partial charge in [-0.25, -0.2) is 0 Å². The molecule has 1 rings (SSSR count). The molecule has 1 aliphatic heterocycles. The van der Waals surface area contributed by atoms with Gasteiger partial charge in [0.2, 0.25) is 0 Å². The SMILES string of the molecule is CCCNC1CC(OC)OC1(O)OC. The first-order chi connectivity index (χ1) is 6.66. The third-order valence-electron chi connectivity index (χ3n) is 2.36. The molecule has 0 amide bonds. The van der Waals surface area contributed by atoms with E-state index in [1.165, 1.54) is 7.11 Å². The van der Waals surface area contributed by atoms with Crippen molar-refractivity contribution in [1.82, 2.24) is 5.32 Å². The Kier molecular flexibility index (Phi) is 4.28. The quantitative estimate of drug-likeness (QED) is 0.621. The zero-order valence-corrected chi connectivity index (χ0v) is 8.95. The van der Waals surface area contributed by atoms with E-state index in [-0.39, 0.29) is 6.04 Å². The molecule has 0 radical (unpaired) electrons. The molecule has 84 valence electrons. The molecule has 2 N–H and O–H groups in total. The minimum atomic E-state index is -1.56. The van der Waals surface area contributed by atoms with Crippen molar-refractivity contribution in [3.63, 3.8) is 0 Å². The molecular weight excluding hydrogens is 186 g/mol. The van der Waals surface area contributed by atoms with Crippen molar-refractivity contribution >= 4 is 0 Å². The number of ether oxygens (including phenoxy) is 3. The van der Waals surface area contributed by atoms with Gasteiger partial charge in [0, 0.05) is 20.6 Å². The predicted molar refractivity (Wildman–Crippen MR) is 50.5 cm³/mol. The Morgan fingerprint density at radius 1 is 1.57 bits per heavy atom. The lowest BCUT2D eigenvalue weighted by Crippen LogP contribution is -2.49. The topological polar surface area (TPSA) is 60.0 Å². The summed E-state index contributed by atoms with van der Waals surface area (Å²) >= 11 is 0. The molecular formula is C9H19NO4. The number of aliphatic hydroxyl groups is 1. The van der Waals surface area contributed by atoms with E-state index in [1.54, 1.807) is 7.11 Å². The van der Waals surface area contributed by atoms with E-state index in [9.17, 15) is 5.11 Å². The van der Waals surface area contributed by atoms with Crippen molar-refractivity contribution in [2.45, 2.75) is 38.1 Å². The number of hydrogen-bond acceptors (Lipinski definition) is 5. The maximum absolute atomic E-state index is 9.90. The molecule has 0 aromatic rings. The highest BCUT2D eigenvalue weighted by Gasteiger charge is 2.48. The molecule has 0 aliphatic carbocycles. The third kappa shape index (κ3) is 2.43. The summed E-state index contributed by atoms with van der Waals surface area (Å²) in [6, 6.07) is -0.239. The summed E-state index contributed by atoms with van der Waals surface area (Å²) in [5.41, 5.74) is 0. The van der Waals surface area contributed by atoms with Gasteiger partial charge in [-0.2, -0.15) is 0 Å². The van der Waals surface area contributed by atoms with Crippen LogP contribution in [0.15, 0.2) is 0 Å². The summed E-state index contributed by atoms with van der Waals surface area (Å²) < 4.78 is 15.2. The van der Waals surface area contributed by atoms with Gasteiger partial charge in [0.25, 0.3) is 5.97 Å². The van der Waals surface area contributed by atoms with Crippen molar-refractivity contribution < 1.29 is 19.3 Å². The van der Waals surface area contributed by atoms with Crippen LogP contribution in [0.25, 0.3) is 0 Å². The van der Waals surface area contributed by atoms with E-state index < -0.39 is 12.3 Å². The number of methoxy groups -OCH3 is 2. The fraction of sp³-hybridized carbons (Fsp3) is 1.00. The van der Waals surface area contributed by atoms with Crippen molar-refractivity contribution in [3.05, 3.63) is 0 Å². The van der Waals surface area contributed by atoms with Crippen molar-refractivity contribution in [2.24, 2.45) is 0 Å². The summed E-state index contributed by atoms with van der Waals surface area (Å²) in [4.78, 5) is 0. The van der Waals surface area contributed by atoms with Crippen LogP contribution in [0.3, 0.4) is 0 Å². The van der Waals surface area contributed by atoms with Crippen molar-refractivity contribution in [1.29, 1.82) is 0 Å². The van der Waals surface area contributed by atoms with E-state index in [0.717, 1.165) is 13.0 Å². The molecule has 1 heterocycles. The lowest BCUT2D eigenvalue weighted by molar-refractivity contribution is -0.367. The van der Waals surface area contributed by atoms with Crippen molar-refractivity contribution in [2.75, 3.05) is 20.8 Å². The van der Waals surface area contributed by atoms with Crippen LogP contribution in [0.1, 0.15) is 19.8 Å². The average Bonchev–Trinajstić information content (AvgIpc) is 2.53. The summed E-state index contributed by atoms with van der Waals surface area (Å²) in [5, 5.41) is 13.1. The predicted octanol–water partition coefficient (Wildman–Crippen LogP) is 0.0399. The monoisotopic (exact) mass is 205 g/mol. The van der Waals surface area contributed by atoms with Crippen LogP contribution >= 0.6 is 0 Å². The van der Waals surface area contributed by atoms with Gasteiger partial charge in [-0.3, -0.25) is 4.74 Å². The van der Waals surface area contributed by atoms with Crippen LogP contribution in [0.2, 0.25) is 0 Å². The van der Waals surface area contributed by atoms with Gasteiger partial charge >= 0.3 is 0 Å². The zero-order chi connectivity index (χ0) is 10.6. The summed E-state index contributed by atoms with van der Waals surface area (Å²) in [6.07, 6.45) is 1.17. The third-order valence-corrected chi connectivity index (χ3v) is 2.36. The van der Waals surface area contributed by atoms with E-state index in [4.69, 9.17) is 14.2 Å². The smallest absolute Gasteiger partial charge is 0.298 e. The lowest BCUT2D eigenvalue weighted by Gasteiger charge is -2.26. The zero-order valence-electron chi connectivity index (χ0n) is 8.95. The van der Waals surface area contributed by atoms with Crippen LogP contribution in [0.4, 0.5) is 0 Å². The molecule has 0 aromatic carbocycles. The molecule has 5 heteroatoms. The first kappa shape index (κ1) is 11.9. The molecule has 0 saturated carbocycles. The minimum Gasteiger partial charge on any atom is -0.356 e. The molecule has 5 nitrogen and oxygen atoms in total. The van der Waals surface area contributed by atoms with Crippen LogP contribution in [-0.2, 0) is 14.2 Å². The fourth-order valence-electron chi connectivity index (χ4n) is 1.53. The Hall–Kier alpha value is -0.200. The van der Waals surface area contributed by atoms with Gasteiger partial charge in [0.05, 0.1) is 6.04 Å². The van der Waals surface area contributed by atoms with E-state index >= 15 is 0 Å². The van der Waals surface area contributed by atoms with Gasteiger partial charge in [0.1, 0.15) is 0 Å². The van der Waals surface area contributed by atoms with Gasteiger partial charge in [-0.1, -0.05) is 6.92 Å². The molecule has 1 aliphatic rings. The standard InChI is InChI=1S/C9H19NO4/c1-4-5-10-7-6-8(12-2)14-9(7,11)13-3/h7-8,10-11H,4-6H2,1-3H3. The highest BCUT2D eigenvalue weighted by molar-refractivity contribution is 4.84. The Morgan fingerprint density at radius 2 is 2.29 bits per heavy atom. The van der Waals surface area contributed by atoms with Crippen LogP contribution < -0.4 is 5.32 Å². The van der Waals surface area contributed by atoms with Gasteiger partial charge in [0.15, 0.2) is 6.29 Å². The molecule has 0 aromatic heterocycles. The van der Waals surface area contributed by atoms with Gasteiger partial charge in [-0.05, 0) is 13.0 Å². The molecule has 1 fully saturated rings. The second kappa shape index (κ2) is 5.04. The second-order valence-electron chi connectivity index (χ2n) is 3.36. The Morgan fingerprint density at radius 3 is 2.79 bits per heavy atom. The van der Waals surface area contributed by atoms with Gasteiger partial charge < -0.3 is 19.9 Å². The average molecular weight is 205 g/mol. The highest BCUT2D eigenvalue weighted by Crippen LogP contribution is 2.29. The largest absolute Gasteiger partial charge is 0.356 e. The van der Waals surface area contributed by atoms with Crippen LogP contribution in [-0.4, -0.2) is 44.2 Å². The summed E-state index contributed by atoms with van der Waals surface area (Å²) in [5.74, 6) is -1.56. The maximum atomic E-state index is 9.90. The Balaban J connectivity index is 2.53. The number of hydrogen-bond donors (Lipinski definition) is 2. The molecule has 0 spiro atoms. The Bertz CT molecular complexity index is 178. The van der Waals surface area contributed by atoms with E-state index in [2.05, 4.69) is 12.2 Å². The van der Waals surface area contributed by atoms with Gasteiger partial charge in [-0.15, -0.1) is 0 Å². The number of rotatable bonds is 5. The summed E-state index contributed by atoms with van der Waals surface area (Å²) in [7, 11) is 2.96. The number of nitrogens with one attached hydrogen (secondary N) is 1. The highest BCUT2D eigenvalue weighted by atomic mass is 16.9. The molecule has 1 saturated heterocycles. The van der Waals surface area contributed by atoms with Crippen LogP contribution in [0, 0.1) is 0 Å². The first-order valence-electron chi connectivity index (χ1n) is 4.87. The first-order valence-corrected chi connectivity index (χ1v) is 4.87. The minimum absolute atomic E-state index is 0.239. The molecule has 3 unspecified atom stereocenters. The fourth-order valence-corrected chi connectivity index (χ4v) is 1.53. The van der Waals surface area contributed by atoms with Crippen LogP contribution in [0.5, 0.6) is 0 Å². The lowest BCUT2D eigenvalue weighted by atomic mass is 10.2. The summed E-state index contributed by atoms with van der Waals surface area (Å²) in [6.45, 7) is 2.87. The maximum Gasteiger partial charge on any atom is 0.298 e. The van der Waals surface area contributed by atoms with E-state index in [0.29, 0.717) is 6.42 Å². The second-order valence-corrected chi connectivity index (χ2v) is 3.36. The van der Waals surface area contributed by atoms with E-state index in [1.807, 2.05) is 0 Å². The van der Waals surface area contributed by atoms with Crippen molar-refractivity contribution in [3.8, 4) is 0 Å². The molecule has 3 atom stereocenters.